The summed E-state index contributed by atoms with van der Waals surface area (Å²) >= 11 is 6.10. The van der Waals surface area contributed by atoms with E-state index in [0.717, 1.165) is 43.2 Å². The highest BCUT2D eigenvalue weighted by Gasteiger charge is 2.31. The van der Waals surface area contributed by atoms with Crippen molar-refractivity contribution in [1.29, 1.82) is 0 Å². The smallest absolute Gasteiger partial charge is 0.421 e. The molecular weight excluding hydrogens is 495 g/mol. The molecule has 2 aromatic carbocycles. The highest BCUT2D eigenvalue weighted by Crippen LogP contribution is 2.32. The Morgan fingerprint density at radius 3 is 2.47 bits per heavy atom. The molecule has 0 aliphatic carbocycles. The summed E-state index contributed by atoms with van der Waals surface area (Å²) in [4.78, 5) is 27.3. The number of ether oxygens (including phenoxy) is 1. The van der Waals surface area contributed by atoms with Crippen molar-refractivity contribution >= 4 is 29.3 Å². The van der Waals surface area contributed by atoms with Crippen LogP contribution in [0, 0.1) is 0 Å². The summed E-state index contributed by atoms with van der Waals surface area (Å²) in [5.74, 6) is -0.0307. The van der Waals surface area contributed by atoms with Crippen LogP contribution in [0.5, 0.6) is 0 Å². The number of nitrogens with zero attached hydrogens (tertiary/aromatic N) is 5. The molecule has 190 valence electrons. The van der Waals surface area contributed by atoms with Gasteiger partial charge in [0.1, 0.15) is 6.61 Å². The number of anilines is 2. The number of alkyl halides is 3. The number of amides is 1. The molecule has 7 nitrogen and oxygen atoms in total. The molecule has 36 heavy (non-hydrogen) atoms. The Morgan fingerprint density at radius 2 is 1.81 bits per heavy atom. The topological polar surface area (TPSA) is 61.8 Å². The summed E-state index contributed by atoms with van der Waals surface area (Å²) in [7, 11) is 2.05. The molecule has 0 saturated carbocycles. The van der Waals surface area contributed by atoms with Gasteiger partial charge in [-0.3, -0.25) is 4.90 Å². The zero-order chi connectivity index (χ0) is 25.7. The molecule has 0 unspecified atom stereocenters. The number of hydrogen-bond donors (Lipinski definition) is 0. The monoisotopic (exact) mass is 519 g/mol. The maximum atomic E-state index is 13.2. The fourth-order valence-corrected chi connectivity index (χ4v) is 3.96. The third kappa shape index (κ3) is 6.51. The third-order valence-electron chi connectivity index (χ3n) is 5.83. The molecule has 0 spiro atoms. The van der Waals surface area contributed by atoms with Crippen molar-refractivity contribution in [3.8, 4) is 11.3 Å². The lowest BCUT2D eigenvalue weighted by molar-refractivity contribution is -0.137. The normalized spacial score (nSPS) is 15.0. The van der Waals surface area contributed by atoms with Gasteiger partial charge in [-0.2, -0.15) is 13.2 Å². The quantitative estimate of drug-likeness (QED) is 0.438. The standard InChI is InChI=1S/C25H25ClF3N5O2/c1-32-11-13-33(14-12-32)15-16-36-24(35)34(21-7-5-19(6-8-21)25(27,28)29)23-30-10-9-22(31-23)18-3-2-4-20(26)17-18/h2-10,17H,11-16H2,1H3. The molecule has 1 aliphatic rings. The third-order valence-corrected chi connectivity index (χ3v) is 6.06. The van der Waals surface area contributed by atoms with Crippen LogP contribution in [0.1, 0.15) is 5.56 Å². The molecule has 0 bridgehead atoms. The Balaban J connectivity index is 1.58. The number of hydrogen-bond acceptors (Lipinski definition) is 6. The minimum absolute atomic E-state index is 0.0307. The van der Waals surface area contributed by atoms with Crippen molar-refractivity contribution < 1.29 is 22.7 Å². The summed E-state index contributed by atoms with van der Waals surface area (Å²) in [6.07, 6.45) is -3.82. The number of carbonyl (C=O) groups is 1. The first-order chi connectivity index (χ1) is 17.2. The minimum Gasteiger partial charge on any atom is -0.447 e. The summed E-state index contributed by atoms with van der Waals surface area (Å²) in [6.45, 7) is 4.24. The van der Waals surface area contributed by atoms with E-state index in [4.69, 9.17) is 16.3 Å². The molecule has 0 atom stereocenters. The molecule has 1 fully saturated rings. The first kappa shape index (κ1) is 25.9. The number of carbonyl (C=O) groups excluding carboxylic acids is 1. The second-order valence-electron chi connectivity index (χ2n) is 8.39. The Morgan fingerprint density at radius 1 is 1.08 bits per heavy atom. The molecule has 1 amide bonds. The predicted molar refractivity (Wildman–Crippen MR) is 131 cm³/mol. The molecule has 0 radical (unpaired) electrons. The average Bonchev–Trinajstić information content (AvgIpc) is 2.85. The summed E-state index contributed by atoms with van der Waals surface area (Å²) in [5, 5.41) is 0.510. The van der Waals surface area contributed by atoms with Gasteiger partial charge < -0.3 is 9.64 Å². The lowest BCUT2D eigenvalue weighted by Gasteiger charge is -2.32. The van der Waals surface area contributed by atoms with E-state index in [0.29, 0.717) is 22.8 Å². The molecule has 1 aromatic heterocycles. The largest absolute Gasteiger partial charge is 0.447 e. The molecule has 2 heterocycles. The van der Waals surface area contributed by atoms with Crippen LogP contribution in [-0.4, -0.2) is 72.2 Å². The molecule has 3 aromatic rings. The van der Waals surface area contributed by atoms with Crippen LogP contribution in [0.4, 0.5) is 29.6 Å². The van der Waals surface area contributed by atoms with Gasteiger partial charge >= 0.3 is 12.3 Å². The Bertz CT molecular complexity index is 1180. The van der Waals surface area contributed by atoms with E-state index < -0.39 is 17.8 Å². The molecule has 1 saturated heterocycles. The van der Waals surface area contributed by atoms with Crippen molar-refractivity contribution in [1.82, 2.24) is 19.8 Å². The number of piperazine rings is 1. The van der Waals surface area contributed by atoms with E-state index in [-0.39, 0.29) is 18.2 Å². The summed E-state index contributed by atoms with van der Waals surface area (Å²) in [5.41, 5.74) is 0.505. The Kier molecular flexibility index (Phi) is 8.07. The van der Waals surface area contributed by atoms with Gasteiger partial charge in [-0.1, -0.05) is 23.7 Å². The van der Waals surface area contributed by atoms with E-state index in [2.05, 4.69) is 26.8 Å². The Labute approximate surface area is 212 Å². The second kappa shape index (κ2) is 11.2. The van der Waals surface area contributed by atoms with Crippen molar-refractivity contribution in [2.75, 3.05) is 51.3 Å². The van der Waals surface area contributed by atoms with Gasteiger partial charge in [0.25, 0.3) is 0 Å². The van der Waals surface area contributed by atoms with Gasteiger partial charge in [-0.25, -0.2) is 19.7 Å². The SMILES string of the molecule is CN1CCN(CCOC(=O)N(c2ccc(C(F)(F)F)cc2)c2nccc(-c3cccc(Cl)c3)n2)CC1. The van der Waals surface area contributed by atoms with Crippen LogP contribution in [0.2, 0.25) is 5.02 Å². The van der Waals surface area contributed by atoms with Crippen LogP contribution >= 0.6 is 11.6 Å². The molecular formula is C25H25ClF3N5O2. The van der Waals surface area contributed by atoms with E-state index in [1.807, 2.05) is 0 Å². The van der Waals surface area contributed by atoms with Crippen LogP contribution in [0.25, 0.3) is 11.3 Å². The lowest BCUT2D eigenvalue weighted by Crippen LogP contribution is -2.45. The van der Waals surface area contributed by atoms with Gasteiger partial charge in [-0.15, -0.1) is 0 Å². The predicted octanol–water partition coefficient (Wildman–Crippen LogP) is 5.34. The lowest BCUT2D eigenvalue weighted by atomic mass is 10.1. The van der Waals surface area contributed by atoms with Crippen LogP contribution < -0.4 is 4.90 Å². The number of likely N-dealkylation sites (N-methyl/N-ethyl adjacent to an activating group) is 1. The zero-order valence-corrected chi connectivity index (χ0v) is 20.3. The molecule has 4 rings (SSSR count). The van der Waals surface area contributed by atoms with Gasteiger partial charge in [0.15, 0.2) is 0 Å². The molecule has 11 heteroatoms. The van der Waals surface area contributed by atoms with E-state index in [1.54, 1.807) is 30.3 Å². The van der Waals surface area contributed by atoms with Crippen molar-refractivity contribution in [3.63, 3.8) is 0 Å². The van der Waals surface area contributed by atoms with Crippen LogP contribution in [0.15, 0.2) is 60.8 Å². The number of aromatic nitrogens is 2. The maximum absolute atomic E-state index is 13.2. The number of halogens is 4. The molecule has 1 aliphatic heterocycles. The van der Waals surface area contributed by atoms with Crippen LogP contribution in [0.3, 0.4) is 0 Å². The van der Waals surface area contributed by atoms with Crippen molar-refractivity contribution in [2.45, 2.75) is 6.18 Å². The van der Waals surface area contributed by atoms with E-state index in [1.165, 1.54) is 18.3 Å². The van der Waals surface area contributed by atoms with Gasteiger partial charge in [0.2, 0.25) is 5.95 Å². The zero-order valence-electron chi connectivity index (χ0n) is 19.6. The second-order valence-corrected chi connectivity index (χ2v) is 8.83. The molecule has 0 N–H and O–H groups in total. The van der Waals surface area contributed by atoms with Gasteiger partial charge in [-0.05, 0) is 49.5 Å². The fraction of sp³-hybridized carbons (Fsp3) is 0.320. The highest BCUT2D eigenvalue weighted by atomic mass is 35.5. The van der Waals surface area contributed by atoms with Crippen LogP contribution in [-0.2, 0) is 10.9 Å². The van der Waals surface area contributed by atoms with E-state index >= 15 is 0 Å². The van der Waals surface area contributed by atoms with Crippen molar-refractivity contribution in [2.24, 2.45) is 0 Å². The average molecular weight is 520 g/mol. The highest BCUT2D eigenvalue weighted by molar-refractivity contribution is 6.30. The van der Waals surface area contributed by atoms with E-state index in [9.17, 15) is 18.0 Å². The van der Waals surface area contributed by atoms with Crippen molar-refractivity contribution in [3.05, 3.63) is 71.4 Å². The minimum atomic E-state index is -4.50. The number of benzene rings is 2. The first-order valence-electron chi connectivity index (χ1n) is 11.3. The number of rotatable bonds is 6. The van der Waals surface area contributed by atoms with Gasteiger partial charge in [0, 0.05) is 49.5 Å². The maximum Gasteiger partial charge on any atom is 0.421 e. The van der Waals surface area contributed by atoms with Gasteiger partial charge in [0.05, 0.1) is 16.9 Å². The summed E-state index contributed by atoms with van der Waals surface area (Å²) in [6, 6.07) is 12.8. The summed E-state index contributed by atoms with van der Waals surface area (Å²) < 4.78 is 44.8. The fourth-order valence-electron chi connectivity index (χ4n) is 3.76. The Hall–Kier alpha value is -3.21. The first-order valence-corrected chi connectivity index (χ1v) is 11.7.